The molecule has 0 radical (unpaired) electrons. The molecule has 2 aromatic rings. The summed E-state index contributed by atoms with van der Waals surface area (Å²) in [7, 11) is 5.92. The number of phenols is 1. The van der Waals surface area contributed by atoms with Gasteiger partial charge in [0.05, 0.1) is 35.0 Å². The van der Waals surface area contributed by atoms with Crippen LogP contribution in [0.4, 0.5) is 0 Å². The van der Waals surface area contributed by atoms with E-state index in [0.717, 1.165) is 0 Å². The second-order valence-electron chi connectivity index (χ2n) is 6.05. The van der Waals surface area contributed by atoms with Crippen LogP contribution in [0.5, 0.6) is 34.5 Å². The van der Waals surface area contributed by atoms with E-state index in [1.54, 1.807) is 24.3 Å². The molecule has 0 amide bonds. The van der Waals surface area contributed by atoms with Gasteiger partial charge in [-0.05, 0) is 23.8 Å². The van der Waals surface area contributed by atoms with Gasteiger partial charge in [-0.1, -0.05) is 6.07 Å². The molecule has 0 saturated carbocycles. The maximum atomic E-state index is 13.3. The number of carbonyl (C=O) groups excluding carboxylic acids is 1. The molecule has 7 heteroatoms. The Bertz CT molecular complexity index is 931. The van der Waals surface area contributed by atoms with E-state index in [-0.39, 0.29) is 22.8 Å². The highest BCUT2D eigenvalue weighted by atomic mass is 16.5. The SMILES string of the molecule is COc1ccc(C=C2CCOc3cc(OC)c(OC)c(OC)c3C2=O)cc1O. The van der Waals surface area contributed by atoms with E-state index in [1.165, 1.54) is 34.5 Å². The highest BCUT2D eigenvalue weighted by Gasteiger charge is 2.30. The summed E-state index contributed by atoms with van der Waals surface area (Å²) in [5.74, 6) is 1.50. The molecule has 0 aromatic heterocycles. The van der Waals surface area contributed by atoms with Crippen LogP contribution in [0.15, 0.2) is 29.8 Å². The number of ketones is 1. The lowest BCUT2D eigenvalue weighted by Gasteiger charge is -2.17. The summed E-state index contributed by atoms with van der Waals surface area (Å²) in [6.07, 6.45) is 2.12. The van der Waals surface area contributed by atoms with Crippen molar-refractivity contribution in [2.75, 3.05) is 35.0 Å². The predicted octanol–water partition coefficient (Wildman–Crippen LogP) is 3.48. The molecule has 0 aliphatic carbocycles. The Hall–Kier alpha value is -3.35. The molecular formula is C21H22O7. The van der Waals surface area contributed by atoms with E-state index in [9.17, 15) is 9.90 Å². The van der Waals surface area contributed by atoms with Crippen LogP contribution >= 0.6 is 0 Å². The number of Topliss-reactive ketones (excluding diaryl/α,β-unsaturated/α-hetero) is 1. The van der Waals surface area contributed by atoms with Crippen molar-refractivity contribution in [3.05, 3.63) is 41.0 Å². The zero-order valence-corrected chi connectivity index (χ0v) is 16.2. The van der Waals surface area contributed by atoms with Crippen molar-refractivity contribution in [3.8, 4) is 34.5 Å². The number of hydrogen-bond acceptors (Lipinski definition) is 7. The third kappa shape index (κ3) is 3.43. The van der Waals surface area contributed by atoms with Gasteiger partial charge in [0.25, 0.3) is 0 Å². The molecule has 1 heterocycles. The first-order valence-electron chi connectivity index (χ1n) is 8.62. The number of methoxy groups -OCH3 is 4. The largest absolute Gasteiger partial charge is 0.504 e. The monoisotopic (exact) mass is 386 g/mol. The van der Waals surface area contributed by atoms with Gasteiger partial charge in [0, 0.05) is 18.1 Å². The maximum Gasteiger partial charge on any atom is 0.204 e. The van der Waals surface area contributed by atoms with Crippen LogP contribution in [0.3, 0.4) is 0 Å². The van der Waals surface area contributed by atoms with E-state index >= 15 is 0 Å². The van der Waals surface area contributed by atoms with Gasteiger partial charge in [-0.15, -0.1) is 0 Å². The highest BCUT2D eigenvalue weighted by molar-refractivity contribution is 6.15. The molecular weight excluding hydrogens is 364 g/mol. The Morgan fingerprint density at radius 3 is 2.29 bits per heavy atom. The van der Waals surface area contributed by atoms with Gasteiger partial charge in [0.2, 0.25) is 5.75 Å². The van der Waals surface area contributed by atoms with Crippen molar-refractivity contribution >= 4 is 11.9 Å². The van der Waals surface area contributed by atoms with Gasteiger partial charge in [-0.2, -0.15) is 0 Å². The molecule has 7 nitrogen and oxygen atoms in total. The van der Waals surface area contributed by atoms with Gasteiger partial charge < -0.3 is 28.8 Å². The van der Waals surface area contributed by atoms with Crippen molar-refractivity contribution < 1.29 is 33.6 Å². The molecule has 1 N–H and O–H groups in total. The maximum absolute atomic E-state index is 13.3. The summed E-state index contributed by atoms with van der Waals surface area (Å²) >= 11 is 0. The summed E-state index contributed by atoms with van der Waals surface area (Å²) in [6.45, 7) is 0.311. The van der Waals surface area contributed by atoms with Crippen LogP contribution in [0, 0.1) is 0 Å². The van der Waals surface area contributed by atoms with Crippen LogP contribution in [-0.4, -0.2) is 45.9 Å². The summed E-state index contributed by atoms with van der Waals surface area (Å²) in [5.41, 5.74) is 1.47. The first-order valence-corrected chi connectivity index (χ1v) is 8.62. The lowest BCUT2D eigenvalue weighted by molar-refractivity contribution is 0.103. The fourth-order valence-corrected chi connectivity index (χ4v) is 3.14. The zero-order valence-electron chi connectivity index (χ0n) is 16.2. The standard InChI is InChI=1S/C21H22O7/c1-24-15-6-5-12(10-14(15)22)9-13-7-8-28-16-11-17(25-2)20(26-3)21(27-4)18(16)19(13)23/h5-6,9-11,22H,7-8H2,1-4H3. The fourth-order valence-electron chi connectivity index (χ4n) is 3.14. The van der Waals surface area contributed by atoms with E-state index < -0.39 is 0 Å². The normalized spacial score (nSPS) is 14.7. The minimum absolute atomic E-state index is 0.00134. The lowest BCUT2D eigenvalue weighted by Crippen LogP contribution is -2.07. The van der Waals surface area contributed by atoms with Crippen molar-refractivity contribution in [2.24, 2.45) is 0 Å². The van der Waals surface area contributed by atoms with Crippen LogP contribution in [0.2, 0.25) is 0 Å². The minimum Gasteiger partial charge on any atom is -0.504 e. The predicted molar refractivity (Wildman–Crippen MR) is 103 cm³/mol. The van der Waals surface area contributed by atoms with E-state index in [1.807, 2.05) is 0 Å². The number of aromatic hydroxyl groups is 1. The highest BCUT2D eigenvalue weighted by Crippen LogP contribution is 2.47. The van der Waals surface area contributed by atoms with E-state index in [4.69, 9.17) is 23.7 Å². The third-order valence-electron chi connectivity index (χ3n) is 4.49. The topological polar surface area (TPSA) is 83.5 Å². The van der Waals surface area contributed by atoms with Crippen LogP contribution in [-0.2, 0) is 0 Å². The van der Waals surface area contributed by atoms with Crippen molar-refractivity contribution in [1.82, 2.24) is 0 Å². The molecule has 0 fully saturated rings. The molecule has 0 unspecified atom stereocenters. The number of benzene rings is 2. The molecule has 0 spiro atoms. The zero-order chi connectivity index (χ0) is 20.3. The number of hydrogen-bond donors (Lipinski definition) is 1. The Balaban J connectivity index is 2.11. The number of ether oxygens (including phenoxy) is 5. The Morgan fingerprint density at radius 2 is 1.68 bits per heavy atom. The second-order valence-corrected chi connectivity index (χ2v) is 6.05. The van der Waals surface area contributed by atoms with Crippen molar-refractivity contribution in [3.63, 3.8) is 0 Å². The average Bonchev–Trinajstić information content (AvgIpc) is 2.85. The molecule has 2 aromatic carbocycles. The first kappa shape index (κ1) is 19.4. The van der Waals surface area contributed by atoms with Gasteiger partial charge in [-0.25, -0.2) is 0 Å². The molecule has 1 aliphatic rings. The summed E-state index contributed by atoms with van der Waals surface area (Å²) in [6, 6.07) is 6.56. The number of fused-ring (bicyclic) bond motifs is 1. The van der Waals surface area contributed by atoms with Crippen LogP contribution in [0.25, 0.3) is 6.08 Å². The summed E-state index contributed by atoms with van der Waals surface area (Å²) in [4.78, 5) is 13.3. The average molecular weight is 386 g/mol. The van der Waals surface area contributed by atoms with E-state index in [2.05, 4.69) is 0 Å². The summed E-state index contributed by atoms with van der Waals surface area (Å²) < 4.78 is 27.0. The Kier molecular flexibility index (Phi) is 5.63. The first-order chi connectivity index (χ1) is 13.5. The van der Waals surface area contributed by atoms with Gasteiger partial charge in [-0.3, -0.25) is 4.79 Å². The Morgan fingerprint density at radius 1 is 0.964 bits per heavy atom. The number of carbonyl (C=O) groups is 1. The fraction of sp³-hybridized carbons (Fsp3) is 0.286. The second kappa shape index (κ2) is 8.12. The lowest BCUT2D eigenvalue weighted by atomic mass is 9.97. The Labute approximate surface area is 163 Å². The van der Waals surface area contributed by atoms with Crippen LogP contribution < -0.4 is 23.7 Å². The molecule has 1 aliphatic heterocycles. The van der Waals surface area contributed by atoms with Crippen molar-refractivity contribution in [2.45, 2.75) is 6.42 Å². The third-order valence-corrected chi connectivity index (χ3v) is 4.49. The number of phenolic OH excluding ortho intramolecular Hbond substituents is 1. The van der Waals surface area contributed by atoms with Crippen molar-refractivity contribution in [1.29, 1.82) is 0 Å². The number of rotatable bonds is 5. The molecule has 148 valence electrons. The quantitative estimate of drug-likeness (QED) is 0.788. The molecule has 0 atom stereocenters. The minimum atomic E-state index is -0.236. The van der Waals surface area contributed by atoms with Gasteiger partial charge in [0.15, 0.2) is 28.8 Å². The van der Waals surface area contributed by atoms with Gasteiger partial charge in [0.1, 0.15) is 11.3 Å². The molecule has 28 heavy (non-hydrogen) atoms. The molecule has 0 bridgehead atoms. The smallest absolute Gasteiger partial charge is 0.204 e. The molecule has 3 rings (SSSR count). The van der Waals surface area contributed by atoms with Gasteiger partial charge >= 0.3 is 0 Å². The van der Waals surface area contributed by atoms with E-state index in [0.29, 0.717) is 47.2 Å². The van der Waals surface area contributed by atoms with Crippen LogP contribution in [0.1, 0.15) is 22.3 Å². The summed E-state index contributed by atoms with van der Waals surface area (Å²) in [5, 5.41) is 9.99. The molecule has 0 saturated heterocycles.